The van der Waals surface area contributed by atoms with Crippen molar-refractivity contribution in [2.45, 2.75) is 50.3 Å². The summed E-state index contributed by atoms with van der Waals surface area (Å²) in [7, 11) is -4.06. The highest BCUT2D eigenvalue weighted by molar-refractivity contribution is 7.90. The van der Waals surface area contributed by atoms with E-state index in [1.54, 1.807) is 20.8 Å². The van der Waals surface area contributed by atoms with Crippen LogP contribution in [0.15, 0.2) is 22.0 Å². The third-order valence-corrected chi connectivity index (χ3v) is 5.91. The minimum atomic E-state index is -4.06. The van der Waals surface area contributed by atoms with Gasteiger partial charge in [0.1, 0.15) is 11.3 Å². The molecule has 13 nitrogen and oxygen atoms in total. The molecule has 14 heteroatoms. The highest BCUT2D eigenvalue weighted by atomic mass is 32.2. The normalized spacial score (nSPS) is 19.0. The zero-order valence-corrected chi connectivity index (χ0v) is 19.6. The summed E-state index contributed by atoms with van der Waals surface area (Å²) in [5.74, 6) is -2.63. The van der Waals surface area contributed by atoms with Crippen LogP contribution in [0, 0.1) is 16.0 Å². The van der Waals surface area contributed by atoms with E-state index >= 15 is 0 Å². The fourth-order valence-corrected chi connectivity index (χ4v) is 4.40. The highest BCUT2D eigenvalue weighted by Crippen LogP contribution is 2.40. The van der Waals surface area contributed by atoms with Crippen molar-refractivity contribution in [2.24, 2.45) is 28.1 Å². The fourth-order valence-electron chi connectivity index (χ4n) is 3.48. The Morgan fingerprint density at radius 1 is 1.27 bits per heavy atom. The number of hydrogen-bond donors (Lipinski definition) is 3. The van der Waals surface area contributed by atoms with Gasteiger partial charge in [-0.15, -0.1) is 0 Å². The monoisotopic (exact) mass is 484 g/mol. The predicted octanol–water partition coefficient (Wildman–Crippen LogP) is 0.255. The molecule has 2 rings (SSSR count). The van der Waals surface area contributed by atoms with Crippen LogP contribution < -0.4 is 22.1 Å². The van der Waals surface area contributed by atoms with Crippen LogP contribution in [0.4, 0.5) is 11.4 Å². The average molecular weight is 485 g/mol. The van der Waals surface area contributed by atoms with Crippen molar-refractivity contribution in [1.82, 2.24) is 0 Å². The van der Waals surface area contributed by atoms with Gasteiger partial charge in [0.05, 0.1) is 27.5 Å². The van der Waals surface area contributed by atoms with Crippen LogP contribution in [0.3, 0.4) is 0 Å². The number of guanidine groups is 1. The molecule has 0 radical (unpaired) electrons. The summed E-state index contributed by atoms with van der Waals surface area (Å²) in [4.78, 5) is 39.9. The van der Waals surface area contributed by atoms with E-state index in [0.29, 0.717) is 0 Å². The Hall–Kier alpha value is -3.26. The molecule has 0 saturated carbocycles. The molecule has 0 bridgehead atoms. The number of nitrogens with two attached hydrogens (primary N) is 3. The van der Waals surface area contributed by atoms with Crippen molar-refractivity contribution in [1.29, 1.82) is 0 Å². The van der Waals surface area contributed by atoms with Gasteiger partial charge in [0, 0.05) is 18.9 Å². The number of esters is 1. The molecule has 6 N–H and O–H groups in total. The first-order valence-corrected chi connectivity index (χ1v) is 11.8. The van der Waals surface area contributed by atoms with Crippen molar-refractivity contribution in [3.05, 3.63) is 27.8 Å². The molecule has 1 amide bonds. The number of aliphatic imine (C=N–C) groups is 1. The Balaban J connectivity index is 2.55. The van der Waals surface area contributed by atoms with E-state index in [1.807, 2.05) is 0 Å². The predicted molar refractivity (Wildman–Crippen MR) is 120 cm³/mol. The maximum absolute atomic E-state index is 12.5. The first-order chi connectivity index (χ1) is 15.0. The standard InChI is InChI=1S/C19H28N6O7S/c1-19(2,3)32-17(27)10-5-6-24(14(20)9-10)15-12(25(28)29)7-11(16(26)23-18(21)22)8-13(15)33(4,30)31/h7-8,10,14H,5-6,9,20H2,1-4H3,(H4,21,22,23,26). The molecular formula is C19H28N6O7S. The van der Waals surface area contributed by atoms with E-state index in [2.05, 4.69) is 4.99 Å². The van der Waals surface area contributed by atoms with Crippen LogP contribution in [0.2, 0.25) is 0 Å². The number of carbonyl (C=O) groups is 2. The maximum atomic E-state index is 12.5. The van der Waals surface area contributed by atoms with Crippen molar-refractivity contribution in [3.8, 4) is 0 Å². The number of amides is 1. The summed E-state index contributed by atoms with van der Waals surface area (Å²) >= 11 is 0. The lowest BCUT2D eigenvalue weighted by atomic mass is 9.93. The molecule has 2 atom stereocenters. The Morgan fingerprint density at radius 3 is 2.33 bits per heavy atom. The molecule has 1 heterocycles. The number of sulfone groups is 1. The lowest BCUT2D eigenvalue weighted by molar-refractivity contribution is -0.384. The number of piperidine rings is 1. The molecule has 0 aromatic heterocycles. The van der Waals surface area contributed by atoms with E-state index in [4.69, 9.17) is 21.9 Å². The summed E-state index contributed by atoms with van der Waals surface area (Å²) < 4.78 is 30.5. The van der Waals surface area contributed by atoms with Crippen molar-refractivity contribution in [3.63, 3.8) is 0 Å². The van der Waals surface area contributed by atoms with E-state index in [9.17, 15) is 28.1 Å². The molecule has 1 aliphatic rings. The number of rotatable bonds is 5. The smallest absolute Gasteiger partial charge is 0.309 e. The summed E-state index contributed by atoms with van der Waals surface area (Å²) in [6.45, 7) is 5.24. The average Bonchev–Trinajstić information content (AvgIpc) is 2.64. The minimum absolute atomic E-state index is 0.0512. The van der Waals surface area contributed by atoms with Crippen molar-refractivity contribution < 1.29 is 27.7 Å². The van der Waals surface area contributed by atoms with Crippen LogP contribution in [0.25, 0.3) is 0 Å². The largest absolute Gasteiger partial charge is 0.460 e. The lowest BCUT2D eigenvalue weighted by Crippen LogP contribution is -2.50. The first kappa shape index (κ1) is 26.0. The van der Waals surface area contributed by atoms with Crippen LogP contribution in [-0.2, 0) is 19.4 Å². The van der Waals surface area contributed by atoms with Gasteiger partial charge in [0.15, 0.2) is 15.8 Å². The zero-order valence-electron chi connectivity index (χ0n) is 18.8. The highest BCUT2D eigenvalue weighted by Gasteiger charge is 2.38. The van der Waals surface area contributed by atoms with Gasteiger partial charge in [-0.05, 0) is 39.7 Å². The quantitative estimate of drug-likeness (QED) is 0.169. The van der Waals surface area contributed by atoms with Gasteiger partial charge in [-0.25, -0.2) is 8.42 Å². The number of nitro benzene ring substituents is 1. The molecule has 1 aliphatic heterocycles. The van der Waals surface area contributed by atoms with Gasteiger partial charge in [0.2, 0.25) is 0 Å². The molecule has 0 spiro atoms. The molecule has 182 valence electrons. The second-order valence-corrected chi connectivity index (χ2v) is 10.7. The Kier molecular flexibility index (Phi) is 7.33. The second-order valence-electron chi connectivity index (χ2n) is 8.73. The van der Waals surface area contributed by atoms with Gasteiger partial charge in [-0.3, -0.25) is 19.7 Å². The Bertz CT molecular complexity index is 1110. The Labute approximate surface area is 191 Å². The fraction of sp³-hybridized carbons (Fsp3) is 0.526. The maximum Gasteiger partial charge on any atom is 0.309 e. The van der Waals surface area contributed by atoms with Crippen LogP contribution in [0.1, 0.15) is 44.0 Å². The van der Waals surface area contributed by atoms with E-state index < -0.39 is 60.9 Å². The number of benzene rings is 1. The van der Waals surface area contributed by atoms with Gasteiger partial charge >= 0.3 is 5.97 Å². The summed E-state index contributed by atoms with van der Waals surface area (Å²) in [6, 6.07) is 1.87. The first-order valence-electron chi connectivity index (χ1n) is 9.93. The van der Waals surface area contributed by atoms with E-state index in [1.165, 1.54) is 4.90 Å². The second kappa shape index (κ2) is 9.31. The van der Waals surface area contributed by atoms with Gasteiger partial charge in [0.25, 0.3) is 11.6 Å². The van der Waals surface area contributed by atoms with Crippen LogP contribution in [-0.4, -0.2) is 55.7 Å². The molecule has 0 aliphatic carbocycles. The van der Waals surface area contributed by atoms with Crippen LogP contribution >= 0.6 is 0 Å². The van der Waals surface area contributed by atoms with Crippen molar-refractivity contribution in [2.75, 3.05) is 17.7 Å². The number of hydrogen-bond acceptors (Lipinski definition) is 9. The number of carbonyl (C=O) groups excluding carboxylic acids is 2. The molecule has 1 aromatic rings. The third-order valence-electron chi connectivity index (χ3n) is 4.80. The minimum Gasteiger partial charge on any atom is -0.460 e. The summed E-state index contributed by atoms with van der Waals surface area (Å²) in [6.07, 6.45) is 0.250. The zero-order chi connectivity index (χ0) is 25.3. The number of ether oxygens (including phenoxy) is 1. The van der Waals surface area contributed by atoms with E-state index in [0.717, 1.165) is 18.4 Å². The number of nitro groups is 1. The molecule has 1 aromatic carbocycles. The van der Waals surface area contributed by atoms with Crippen molar-refractivity contribution >= 4 is 39.0 Å². The SMILES string of the molecule is CC(C)(C)OC(=O)C1CCN(c2c([N+](=O)[O-])cc(C(=O)N=C(N)N)cc2S(C)(=O)=O)C(N)C1. The van der Waals surface area contributed by atoms with Crippen LogP contribution in [0.5, 0.6) is 0 Å². The molecule has 1 saturated heterocycles. The van der Waals surface area contributed by atoms with E-state index in [-0.39, 0.29) is 30.6 Å². The van der Waals surface area contributed by atoms with Gasteiger partial charge in [-0.1, -0.05) is 0 Å². The summed E-state index contributed by atoms with van der Waals surface area (Å²) in [5, 5.41) is 11.8. The Morgan fingerprint density at radius 2 is 1.88 bits per heavy atom. The van der Waals surface area contributed by atoms with Gasteiger partial charge in [-0.2, -0.15) is 4.99 Å². The third kappa shape index (κ3) is 6.38. The molecule has 33 heavy (non-hydrogen) atoms. The number of anilines is 1. The number of nitrogens with zero attached hydrogens (tertiary/aromatic N) is 3. The molecular weight excluding hydrogens is 456 g/mol. The van der Waals surface area contributed by atoms with Gasteiger partial charge < -0.3 is 26.8 Å². The molecule has 2 unspecified atom stereocenters. The topological polar surface area (TPSA) is 214 Å². The lowest BCUT2D eigenvalue weighted by Gasteiger charge is -2.39. The summed E-state index contributed by atoms with van der Waals surface area (Å²) in [5.41, 5.74) is 14.6. The molecule has 1 fully saturated rings.